The predicted molar refractivity (Wildman–Crippen MR) is 128 cm³/mol. The van der Waals surface area contributed by atoms with Crippen LogP contribution in [0.25, 0.3) is 0 Å². The molecule has 0 radical (unpaired) electrons. The van der Waals surface area contributed by atoms with E-state index in [0.29, 0.717) is 32.0 Å². The Hall–Kier alpha value is -3.17. The molecule has 1 aliphatic heterocycles. The van der Waals surface area contributed by atoms with Crippen molar-refractivity contribution >= 4 is 15.9 Å². The number of carbonyl (C=O) groups is 1. The van der Waals surface area contributed by atoms with E-state index in [4.69, 9.17) is 0 Å². The highest BCUT2D eigenvalue weighted by molar-refractivity contribution is 7.89. The van der Waals surface area contributed by atoms with E-state index in [1.165, 1.54) is 0 Å². The molecular weight excluding hydrogens is 472 g/mol. The van der Waals surface area contributed by atoms with E-state index >= 15 is 0 Å². The quantitative estimate of drug-likeness (QED) is 0.486. The normalized spacial score (nSPS) is 15.2. The number of carbonyl (C=O) groups excluding carboxylic acids is 1. The maximum Gasteiger partial charge on any atom is 0.246 e. The van der Waals surface area contributed by atoms with Crippen LogP contribution in [0, 0.1) is 24.5 Å². The van der Waals surface area contributed by atoms with Crippen molar-refractivity contribution < 1.29 is 22.0 Å². The molecule has 4 rings (SSSR count). The summed E-state index contributed by atoms with van der Waals surface area (Å²) >= 11 is 0. The molecule has 0 atom stereocenters. The number of hydrogen-bond acceptors (Lipinski definition) is 4. The fourth-order valence-corrected chi connectivity index (χ4v) is 5.88. The zero-order valence-electron chi connectivity index (χ0n) is 19.4. The van der Waals surface area contributed by atoms with E-state index in [1.54, 1.807) is 17.3 Å². The van der Waals surface area contributed by atoms with Crippen LogP contribution in [0.2, 0.25) is 0 Å². The number of rotatable bonds is 7. The van der Waals surface area contributed by atoms with Gasteiger partial charge in [0, 0.05) is 44.5 Å². The van der Waals surface area contributed by atoms with E-state index in [-0.39, 0.29) is 24.9 Å². The summed E-state index contributed by atoms with van der Waals surface area (Å²) < 4.78 is 54.7. The largest absolute Gasteiger partial charge is 0.334 e. The van der Waals surface area contributed by atoms with Crippen LogP contribution in [0.15, 0.2) is 71.9 Å². The molecule has 184 valence electrons. The van der Waals surface area contributed by atoms with E-state index in [2.05, 4.69) is 4.98 Å². The van der Waals surface area contributed by atoms with Crippen LogP contribution in [0.1, 0.15) is 29.5 Å². The van der Waals surface area contributed by atoms with E-state index in [9.17, 15) is 22.0 Å². The van der Waals surface area contributed by atoms with Gasteiger partial charge in [0.2, 0.25) is 15.9 Å². The van der Waals surface area contributed by atoms with Crippen molar-refractivity contribution in [2.45, 2.75) is 37.8 Å². The lowest BCUT2D eigenvalue weighted by atomic mass is 9.95. The first-order valence-electron chi connectivity index (χ1n) is 11.4. The van der Waals surface area contributed by atoms with Gasteiger partial charge in [-0.3, -0.25) is 9.78 Å². The molecule has 0 N–H and O–H groups in total. The molecule has 2 heterocycles. The van der Waals surface area contributed by atoms with Gasteiger partial charge >= 0.3 is 0 Å². The molecule has 1 amide bonds. The van der Waals surface area contributed by atoms with Crippen LogP contribution in [0.3, 0.4) is 0 Å². The van der Waals surface area contributed by atoms with E-state index < -0.39 is 26.6 Å². The summed E-state index contributed by atoms with van der Waals surface area (Å²) in [6.07, 6.45) is 3.99. The van der Waals surface area contributed by atoms with Crippen molar-refractivity contribution in [1.82, 2.24) is 14.2 Å². The molecule has 0 spiro atoms. The topological polar surface area (TPSA) is 70.6 Å². The molecule has 35 heavy (non-hydrogen) atoms. The highest BCUT2D eigenvalue weighted by Gasteiger charge is 2.35. The fourth-order valence-electron chi connectivity index (χ4n) is 4.33. The molecule has 6 nitrogen and oxygen atoms in total. The van der Waals surface area contributed by atoms with Gasteiger partial charge in [0.25, 0.3) is 0 Å². The molecule has 0 bridgehead atoms. The molecule has 0 unspecified atom stereocenters. The summed E-state index contributed by atoms with van der Waals surface area (Å²) in [6.45, 7) is 2.91. The minimum absolute atomic E-state index is 0.0553. The minimum atomic E-state index is -4.20. The van der Waals surface area contributed by atoms with Gasteiger partial charge in [-0.15, -0.1) is 0 Å². The maximum absolute atomic E-state index is 14.1. The van der Waals surface area contributed by atoms with Crippen molar-refractivity contribution in [3.63, 3.8) is 0 Å². The predicted octanol–water partition coefficient (Wildman–Crippen LogP) is 4.30. The Bertz CT molecular complexity index is 1290. The second-order valence-electron chi connectivity index (χ2n) is 8.74. The standard InChI is InChI=1S/C26H27F2N3O3S/c1-19-5-2-3-7-22(19)18-30(17-20-6-4-12-29-16-20)26(32)21-10-13-31(14-11-21)35(33,34)25-15-23(27)8-9-24(25)28/h2-9,12,15-16,21H,10-11,13-14,17-18H2,1H3. The third-order valence-electron chi connectivity index (χ3n) is 6.34. The van der Waals surface area contributed by atoms with Crippen molar-refractivity contribution in [2.24, 2.45) is 5.92 Å². The van der Waals surface area contributed by atoms with Crippen LogP contribution in [0.5, 0.6) is 0 Å². The summed E-state index contributed by atoms with van der Waals surface area (Å²) in [7, 11) is -4.20. The Morgan fingerprint density at radius 3 is 2.49 bits per heavy atom. The van der Waals surface area contributed by atoms with Gasteiger partial charge < -0.3 is 4.90 Å². The van der Waals surface area contributed by atoms with Gasteiger partial charge in [-0.2, -0.15) is 4.31 Å². The highest BCUT2D eigenvalue weighted by atomic mass is 32.2. The first-order chi connectivity index (χ1) is 16.8. The smallest absolute Gasteiger partial charge is 0.246 e. The van der Waals surface area contributed by atoms with Gasteiger partial charge in [0.1, 0.15) is 16.5 Å². The van der Waals surface area contributed by atoms with Crippen LogP contribution in [-0.4, -0.2) is 41.6 Å². The third kappa shape index (κ3) is 5.74. The lowest BCUT2D eigenvalue weighted by molar-refractivity contribution is -0.138. The number of nitrogens with zero attached hydrogens (tertiary/aromatic N) is 3. The highest BCUT2D eigenvalue weighted by Crippen LogP contribution is 2.28. The second-order valence-corrected chi connectivity index (χ2v) is 10.6. The number of pyridine rings is 1. The van der Waals surface area contributed by atoms with Gasteiger partial charge in [0.15, 0.2) is 0 Å². The number of halogens is 2. The molecular formula is C26H27F2N3O3S. The Balaban J connectivity index is 1.49. The molecule has 1 aromatic heterocycles. The number of hydrogen-bond donors (Lipinski definition) is 0. The lowest BCUT2D eigenvalue weighted by Gasteiger charge is -2.34. The van der Waals surface area contributed by atoms with Gasteiger partial charge in [-0.1, -0.05) is 30.3 Å². The molecule has 0 aliphatic carbocycles. The minimum Gasteiger partial charge on any atom is -0.334 e. The zero-order valence-corrected chi connectivity index (χ0v) is 20.2. The SMILES string of the molecule is Cc1ccccc1CN(Cc1cccnc1)C(=O)C1CCN(S(=O)(=O)c2cc(F)ccc2F)CC1. The first-order valence-corrected chi connectivity index (χ1v) is 12.9. The monoisotopic (exact) mass is 499 g/mol. The molecule has 0 saturated carbocycles. The van der Waals surface area contributed by atoms with E-state index in [1.807, 2.05) is 43.3 Å². The average molecular weight is 500 g/mol. The Kier molecular flexibility index (Phi) is 7.57. The van der Waals surface area contributed by atoms with Crippen LogP contribution < -0.4 is 0 Å². The number of benzene rings is 2. The summed E-state index contributed by atoms with van der Waals surface area (Å²) in [5.74, 6) is -2.26. The zero-order chi connectivity index (χ0) is 25.0. The first kappa shape index (κ1) is 24.9. The Morgan fingerprint density at radius 1 is 1.06 bits per heavy atom. The van der Waals surface area contributed by atoms with Crippen molar-refractivity contribution in [3.05, 3.63) is 95.3 Å². The summed E-state index contributed by atoms with van der Waals surface area (Å²) in [4.78, 5) is 18.8. The Labute approximate surface area is 204 Å². The number of sulfonamides is 1. The number of aryl methyl sites for hydroxylation is 1. The average Bonchev–Trinajstić information content (AvgIpc) is 2.86. The summed E-state index contributed by atoms with van der Waals surface area (Å²) in [5.41, 5.74) is 3.01. The van der Waals surface area contributed by atoms with Crippen LogP contribution >= 0.6 is 0 Å². The van der Waals surface area contributed by atoms with Gasteiger partial charge in [0.05, 0.1) is 0 Å². The fraction of sp³-hybridized carbons (Fsp3) is 0.308. The lowest BCUT2D eigenvalue weighted by Crippen LogP contribution is -2.44. The summed E-state index contributed by atoms with van der Waals surface area (Å²) in [6, 6.07) is 14.0. The number of amides is 1. The molecule has 1 saturated heterocycles. The number of aromatic nitrogens is 1. The van der Waals surface area contributed by atoms with Gasteiger partial charge in [-0.25, -0.2) is 17.2 Å². The molecule has 9 heteroatoms. The van der Waals surface area contributed by atoms with Crippen molar-refractivity contribution in [3.8, 4) is 0 Å². The van der Waals surface area contributed by atoms with E-state index in [0.717, 1.165) is 33.1 Å². The molecule has 2 aromatic carbocycles. The van der Waals surface area contributed by atoms with Crippen LogP contribution in [-0.2, 0) is 27.9 Å². The molecule has 3 aromatic rings. The number of piperidine rings is 1. The maximum atomic E-state index is 14.1. The van der Waals surface area contributed by atoms with Crippen molar-refractivity contribution in [1.29, 1.82) is 0 Å². The summed E-state index contributed by atoms with van der Waals surface area (Å²) in [5, 5.41) is 0. The Morgan fingerprint density at radius 2 is 1.80 bits per heavy atom. The second kappa shape index (κ2) is 10.6. The van der Waals surface area contributed by atoms with Crippen LogP contribution in [0.4, 0.5) is 8.78 Å². The third-order valence-corrected chi connectivity index (χ3v) is 8.26. The van der Waals surface area contributed by atoms with Gasteiger partial charge in [-0.05, 0) is 60.7 Å². The van der Waals surface area contributed by atoms with Crippen molar-refractivity contribution in [2.75, 3.05) is 13.1 Å². The molecule has 1 fully saturated rings. The molecule has 1 aliphatic rings.